The number of carbonyl (C=O) groups is 1. The average Bonchev–Trinajstić information content (AvgIpc) is 2.61. The van der Waals surface area contributed by atoms with Gasteiger partial charge in [0.25, 0.3) is 0 Å². The van der Waals surface area contributed by atoms with E-state index < -0.39 is 0 Å². The number of aromatic nitrogens is 1. The molecule has 0 aliphatic carbocycles. The molecule has 0 saturated carbocycles. The van der Waals surface area contributed by atoms with E-state index in [0.29, 0.717) is 11.3 Å². The number of ether oxygens (including phenoxy) is 1. The second kappa shape index (κ2) is 6.68. The Balaban J connectivity index is 1.97. The monoisotopic (exact) mass is 289 g/mol. The van der Waals surface area contributed by atoms with Crippen LogP contribution in [0.5, 0.6) is 5.75 Å². The van der Waals surface area contributed by atoms with Gasteiger partial charge in [-0.2, -0.15) is 0 Å². The van der Waals surface area contributed by atoms with Gasteiger partial charge in [-0.1, -0.05) is 48.5 Å². The number of pyridine rings is 1. The van der Waals surface area contributed by atoms with Gasteiger partial charge in [0.15, 0.2) is 6.10 Å². The maximum Gasteiger partial charge on any atom is 0.150 e. The minimum absolute atomic E-state index is 0.267. The predicted molar refractivity (Wildman–Crippen MR) is 85.0 cm³/mol. The fourth-order valence-corrected chi connectivity index (χ4v) is 2.28. The van der Waals surface area contributed by atoms with Crippen LogP contribution < -0.4 is 4.74 Å². The van der Waals surface area contributed by atoms with Crippen LogP contribution in [-0.2, 0) is 0 Å². The van der Waals surface area contributed by atoms with Crippen LogP contribution in [0.25, 0.3) is 0 Å². The van der Waals surface area contributed by atoms with Crippen molar-refractivity contribution in [2.75, 3.05) is 0 Å². The van der Waals surface area contributed by atoms with E-state index in [2.05, 4.69) is 4.98 Å². The maximum absolute atomic E-state index is 10.9. The summed E-state index contributed by atoms with van der Waals surface area (Å²) in [7, 11) is 0. The van der Waals surface area contributed by atoms with Gasteiger partial charge in [0.1, 0.15) is 12.0 Å². The smallest absolute Gasteiger partial charge is 0.150 e. The quantitative estimate of drug-likeness (QED) is 0.665. The van der Waals surface area contributed by atoms with Gasteiger partial charge in [0.2, 0.25) is 0 Å². The molecule has 3 nitrogen and oxygen atoms in total. The highest BCUT2D eigenvalue weighted by Crippen LogP contribution is 2.28. The Morgan fingerprint density at radius 1 is 0.909 bits per heavy atom. The topological polar surface area (TPSA) is 39.2 Å². The Hall–Kier alpha value is -2.94. The van der Waals surface area contributed by atoms with E-state index in [-0.39, 0.29) is 6.10 Å². The van der Waals surface area contributed by atoms with Crippen LogP contribution in [-0.4, -0.2) is 11.3 Å². The lowest BCUT2D eigenvalue weighted by atomic mass is 10.0. The summed E-state index contributed by atoms with van der Waals surface area (Å²) in [6, 6.07) is 21.0. The van der Waals surface area contributed by atoms with E-state index >= 15 is 0 Å². The number of aldehydes is 1. The molecule has 0 amide bonds. The van der Waals surface area contributed by atoms with E-state index in [1.54, 1.807) is 24.5 Å². The summed E-state index contributed by atoms with van der Waals surface area (Å²) >= 11 is 0. The SMILES string of the molecule is O=Cc1cccc(OC(c2ccccc2)c2cccnc2)c1. The van der Waals surface area contributed by atoms with E-state index in [1.807, 2.05) is 54.6 Å². The summed E-state index contributed by atoms with van der Waals surface area (Å²) in [5, 5.41) is 0. The Labute approximate surface area is 129 Å². The molecule has 0 fully saturated rings. The molecule has 22 heavy (non-hydrogen) atoms. The molecule has 0 N–H and O–H groups in total. The highest BCUT2D eigenvalue weighted by molar-refractivity contribution is 5.75. The first kappa shape index (κ1) is 14.0. The van der Waals surface area contributed by atoms with Crippen LogP contribution in [0.3, 0.4) is 0 Å². The van der Waals surface area contributed by atoms with Crippen molar-refractivity contribution in [2.45, 2.75) is 6.10 Å². The average molecular weight is 289 g/mol. The number of hydrogen-bond acceptors (Lipinski definition) is 3. The van der Waals surface area contributed by atoms with Crippen molar-refractivity contribution in [2.24, 2.45) is 0 Å². The zero-order chi connectivity index (χ0) is 15.2. The fraction of sp³-hybridized carbons (Fsp3) is 0.0526. The molecular weight excluding hydrogens is 274 g/mol. The van der Waals surface area contributed by atoms with E-state index in [1.165, 1.54) is 0 Å². The molecule has 0 bridgehead atoms. The molecule has 1 atom stereocenters. The lowest BCUT2D eigenvalue weighted by Crippen LogP contribution is -2.09. The van der Waals surface area contributed by atoms with Gasteiger partial charge < -0.3 is 4.74 Å². The van der Waals surface area contributed by atoms with Crippen molar-refractivity contribution in [1.82, 2.24) is 4.98 Å². The van der Waals surface area contributed by atoms with Crippen LogP contribution in [0.1, 0.15) is 27.6 Å². The van der Waals surface area contributed by atoms with E-state index in [4.69, 9.17) is 4.74 Å². The van der Waals surface area contributed by atoms with E-state index in [0.717, 1.165) is 17.4 Å². The summed E-state index contributed by atoms with van der Waals surface area (Å²) < 4.78 is 6.13. The number of benzene rings is 2. The summed E-state index contributed by atoms with van der Waals surface area (Å²) in [5.41, 5.74) is 2.59. The summed E-state index contributed by atoms with van der Waals surface area (Å²) in [4.78, 5) is 15.1. The molecule has 0 aliphatic heterocycles. The molecular formula is C19H15NO2. The van der Waals surface area contributed by atoms with Crippen molar-refractivity contribution in [1.29, 1.82) is 0 Å². The Morgan fingerprint density at radius 2 is 1.73 bits per heavy atom. The summed E-state index contributed by atoms with van der Waals surface area (Å²) in [6.07, 6.45) is 4.07. The summed E-state index contributed by atoms with van der Waals surface area (Å²) in [5.74, 6) is 0.655. The first-order valence-corrected chi connectivity index (χ1v) is 7.03. The normalized spacial score (nSPS) is 11.6. The third-order valence-corrected chi connectivity index (χ3v) is 3.34. The second-order valence-electron chi connectivity index (χ2n) is 4.89. The molecule has 0 aliphatic rings. The molecule has 3 heteroatoms. The van der Waals surface area contributed by atoms with Gasteiger partial charge in [-0.15, -0.1) is 0 Å². The van der Waals surface area contributed by atoms with Crippen molar-refractivity contribution < 1.29 is 9.53 Å². The number of nitrogens with zero attached hydrogens (tertiary/aromatic N) is 1. The van der Waals surface area contributed by atoms with Crippen molar-refractivity contribution in [3.8, 4) is 5.75 Å². The van der Waals surface area contributed by atoms with Crippen LogP contribution in [0.2, 0.25) is 0 Å². The van der Waals surface area contributed by atoms with Crippen LogP contribution >= 0.6 is 0 Å². The lowest BCUT2D eigenvalue weighted by molar-refractivity contribution is 0.112. The Bertz CT molecular complexity index is 702. The van der Waals surface area contributed by atoms with Crippen LogP contribution in [0.4, 0.5) is 0 Å². The van der Waals surface area contributed by atoms with Crippen molar-refractivity contribution in [3.63, 3.8) is 0 Å². The zero-order valence-corrected chi connectivity index (χ0v) is 11.9. The van der Waals surface area contributed by atoms with Gasteiger partial charge in [-0.25, -0.2) is 0 Å². The molecule has 1 aromatic heterocycles. The Morgan fingerprint density at radius 3 is 2.45 bits per heavy atom. The van der Waals surface area contributed by atoms with Crippen molar-refractivity contribution >= 4 is 6.29 Å². The maximum atomic E-state index is 10.9. The molecule has 0 radical (unpaired) electrons. The van der Waals surface area contributed by atoms with Crippen LogP contribution in [0, 0.1) is 0 Å². The summed E-state index contributed by atoms with van der Waals surface area (Å²) in [6.45, 7) is 0. The molecule has 0 spiro atoms. The molecule has 1 unspecified atom stereocenters. The minimum atomic E-state index is -0.267. The molecule has 3 aromatic rings. The second-order valence-corrected chi connectivity index (χ2v) is 4.89. The van der Waals surface area contributed by atoms with E-state index in [9.17, 15) is 4.79 Å². The molecule has 108 valence electrons. The first-order chi connectivity index (χ1) is 10.9. The number of hydrogen-bond donors (Lipinski definition) is 0. The lowest BCUT2D eigenvalue weighted by Gasteiger charge is -2.20. The predicted octanol–water partition coefficient (Wildman–Crippen LogP) is 4.06. The third kappa shape index (κ3) is 3.20. The van der Waals surface area contributed by atoms with Crippen LogP contribution in [0.15, 0.2) is 79.1 Å². The number of rotatable bonds is 5. The molecule has 1 heterocycles. The third-order valence-electron chi connectivity index (χ3n) is 3.34. The van der Waals surface area contributed by atoms with Gasteiger partial charge in [0.05, 0.1) is 0 Å². The van der Waals surface area contributed by atoms with Gasteiger partial charge >= 0.3 is 0 Å². The van der Waals surface area contributed by atoms with Gasteiger partial charge in [0, 0.05) is 23.5 Å². The molecule has 2 aromatic carbocycles. The zero-order valence-electron chi connectivity index (χ0n) is 11.9. The molecule has 0 saturated heterocycles. The first-order valence-electron chi connectivity index (χ1n) is 7.03. The highest BCUT2D eigenvalue weighted by atomic mass is 16.5. The van der Waals surface area contributed by atoms with Crippen molar-refractivity contribution in [3.05, 3.63) is 95.8 Å². The van der Waals surface area contributed by atoms with Gasteiger partial charge in [-0.3, -0.25) is 9.78 Å². The Kier molecular flexibility index (Phi) is 4.25. The largest absolute Gasteiger partial charge is 0.481 e. The minimum Gasteiger partial charge on any atom is -0.481 e. The number of carbonyl (C=O) groups excluding carboxylic acids is 1. The fourth-order valence-electron chi connectivity index (χ4n) is 2.28. The highest BCUT2D eigenvalue weighted by Gasteiger charge is 2.16. The molecule has 3 rings (SSSR count). The van der Waals surface area contributed by atoms with Gasteiger partial charge in [-0.05, 0) is 23.8 Å². The standard InChI is InChI=1S/C19H15NO2/c21-14-15-6-4-10-18(12-15)22-19(16-7-2-1-3-8-16)17-9-5-11-20-13-17/h1-14,19H.